The van der Waals surface area contributed by atoms with Crippen molar-refractivity contribution >= 4 is 0 Å². The normalized spacial score (nSPS) is 16.8. The third-order valence-corrected chi connectivity index (χ3v) is 4.65. The lowest BCUT2D eigenvalue weighted by molar-refractivity contribution is -0.650. The molecule has 0 aromatic rings. The second-order valence-electron chi connectivity index (χ2n) is 8.21. The Morgan fingerprint density at radius 3 is 0.857 bits per heavy atom. The van der Waals surface area contributed by atoms with Gasteiger partial charge in [-0.25, -0.2) is 18.9 Å². The van der Waals surface area contributed by atoms with Crippen molar-refractivity contribution in [1.82, 2.24) is 0 Å². The Morgan fingerprint density at radius 1 is 0.306 bits per heavy atom. The zero-order valence-electron chi connectivity index (χ0n) is 20.7. The molecule has 0 fully saturated rings. The smallest absolute Gasteiger partial charge is 0.390 e. The first-order chi connectivity index (χ1) is 20.6. The van der Waals surface area contributed by atoms with E-state index < -0.39 is 91.3 Å². The molecule has 49 heavy (non-hydrogen) atoms. The summed E-state index contributed by atoms with van der Waals surface area (Å²) < 4.78 is 387. The molecule has 34 heteroatoms. The first kappa shape index (κ1) is 46.8. The molecule has 0 radical (unpaired) electrons. The second kappa shape index (κ2) is 12.2. The van der Waals surface area contributed by atoms with E-state index in [1.54, 1.807) is 0 Å². The number of ether oxygens (including phenoxy) is 4. The minimum Gasteiger partial charge on any atom is -0.390 e. The summed E-state index contributed by atoms with van der Waals surface area (Å²) in [6.45, 7) is -3.83. The van der Waals surface area contributed by atoms with Gasteiger partial charge in [0.25, 0.3) is 0 Å². The maximum absolute atomic E-state index is 14.3. The summed E-state index contributed by atoms with van der Waals surface area (Å²) in [5.74, 6) is -61.3. The molecule has 0 saturated carbocycles. The lowest BCUT2D eigenvalue weighted by Crippen LogP contribution is -2.74. The molecule has 1 N–H and O–H groups in total. The van der Waals surface area contributed by atoms with Gasteiger partial charge in [0.15, 0.2) is 0 Å². The third kappa shape index (κ3) is 7.84. The molecule has 0 unspecified atom stereocenters. The molecular formula is C15H3F29O5. The third-order valence-electron chi connectivity index (χ3n) is 4.65. The fourth-order valence-corrected chi connectivity index (χ4v) is 2.24. The van der Waals surface area contributed by atoms with Crippen molar-refractivity contribution in [1.29, 1.82) is 0 Å². The van der Waals surface area contributed by atoms with Crippen LogP contribution < -0.4 is 0 Å². The maximum atomic E-state index is 14.3. The first-order valence-electron chi connectivity index (χ1n) is 10.0. The molecule has 0 bridgehead atoms. The van der Waals surface area contributed by atoms with Crippen LogP contribution in [0.25, 0.3) is 0 Å². The fraction of sp³-hybridized carbons (Fsp3) is 1.00. The van der Waals surface area contributed by atoms with Gasteiger partial charge >= 0.3 is 84.7 Å². The van der Waals surface area contributed by atoms with Crippen LogP contribution in [0.5, 0.6) is 0 Å². The van der Waals surface area contributed by atoms with Gasteiger partial charge in [0.1, 0.15) is 6.61 Å². The van der Waals surface area contributed by atoms with Gasteiger partial charge in [-0.3, -0.25) is 0 Å². The highest BCUT2D eigenvalue weighted by Crippen LogP contribution is 2.63. The van der Waals surface area contributed by atoms with Crippen molar-refractivity contribution in [3.8, 4) is 0 Å². The Hall–Kier alpha value is -2.23. The van der Waals surface area contributed by atoms with Crippen molar-refractivity contribution in [2.24, 2.45) is 0 Å². The summed E-state index contributed by atoms with van der Waals surface area (Å²) >= 11 is 0. The summed E-state index contributed by atoms with van der Waals surface area (Å²) in [5.41, 5.74) is 0. The number of halogens is 29. The quantitative estimate of drug-likeness (QED) is 0.133. The van der Waals surface area contributed by atoms with E-state index in [1.165, 1.54) is 14.2 Å². The Bertz CT molecular complexity index is 1120. The standard InChI is InChI=1S/C15H3F29O5/c16-2(17,1-45)3(18,19)4(20,21)5(22,23)6(24,25)7(26,27)10(34,35)46-13(40,41)14(49-15(42,43)44,47-11(36,37)8(28,29)30)48-12(38,39)9(31,32)33/h45H,1H2. The number of aliphatic hydroxyl groups excluding tert-OH is 1. The lowest BCUT2D eigenvalue weighted by atomic mass is 9.91. The summed E-state index contributed by atoms with van der Waals surface area (Å²) in [5, 5.41) is 7.87. The van der Waals surface area contributed by atoms with Crippen LogP contribution in [-0.2, 0) is 18.9 Å². The maximum Gasteiger partial charge on any atom is 0.527 e. The van der Waals surface area contributed by atoms with E-state index in [-0.39, 0.29) is 0 Å². The molecule has 0 atom stereocenters. The van der Waals surface area contributed by atoms with E-state index in [2.05, 4.69) is 0 Å². The van der Waals surface area contributed by atoms with Gasteiger partial charge in [-0.15, -0.1) is 13.2 Å². The van der Waals surface area contributed by atoms with Crippen LogP contribution in [-0.4, -0.2) is 96.4 Å². The zero-order chi connectivity index (χ0) is 40.5. The van der Waals surface area contributed by atoms with E-state index in [9.17, 15) is 127 Å². The van der Waals surface area contributed by atoms with Crippen LogP contribution in [0.1, 0.15) is 0 Å². The average molecular weight is 814 g/mol. The van der Waals surface area contributed by atoms with Gasteiger partial charge in [-0.05, 0) is 0 Å². The zero-order valence-corrected chi connectivity index (χ0v) is 20.7. The molecule has 296 valence electrons. The van der Waals surface area contributed by atoms with Gasteiger partial charge in [-0.1, -0.05) is 0 Å². The van der Waals surface area contributed by atoms with Crippen LogP contribution in [0.2, 0.25) is 0 Å². The van der Waals surface area contributed by atoms with E-state index in [4.69, 9.17) is 5.11 Å². The summed E-state index contributed by atoms with van der Waals surface area (Å²) in [7, 11) is 0. The highest BCUT2D eigenvalue weighted by Gasteiger charge is 2.94. The van der Waals surface area contributed by atoms with Crippen molar-refractivity contribution < 1.29 is 151 Å². The number of rotatable bonds is 15. The van der Waals surface area contributed by atoms with Crippen LogP contribution >= 0.6 is 0 Å². The van der Waals surface area contributed by atoms with Gasteiger partial charge in [0, 0.05) is 0 Å². The van der Waals surface area contributed by atoms with Gasteiger partial charge in [-0.2, -0.15) is 114 Å². The van der Waals surface area contributed by atoms with E-state index >= 15 is 0 Å². The highest BCUT2D eigenvalue weighted by atomic mass is 19.4. The van der Waals surface area contributed by atoms with E-state index in [0.29, 0.717) is 0 Å². The lowest BCUT2D eigenvalue weighted by Gasteiger charge is -2.44. The van der Waals surface area contributed by atoms with Crippen LogP contribution in [0.4, 0.5) is 127 Å². The SMILES string of the molecule is OCC(F)(F)C(F)(F)C(F)(F)C(F)(F)C(F)(F)C(F)(F)C(F)(F)OC(F)(F)C(OC(F)(F)F)(OC(F)(F)C(F)(F)F)OC(F)(F)C(F)(F)F. The molecule has 0 spiro atoms. The van der Waals surface area contributed by atoms with Crippen molar-refractivity contribution in [3.63, 3.8) is 0 Å². The minimum atomic E-state index is -9.47. The number of aliphatic hydroxyl groups is 1. The highest BCUT2D eigenvalue weighted by molar-refractivity contribution is 5.13. The Morgan fingerprint density at radius 2 is 0.592 bits per heavy atom. The van der Waals surface area contributed by atoms with Crippen LogP contribution in [0.3, 0.4) is 0 Å². The van der Waals surface area contributed by atoms with E-state index in [0.717, 1.165) is 4.74 Å². The van der Waals surface area contributed by atoms with Gasteiger partial charge in [0.2, 0.25) is 0 Å². The number of alkyl halides is 29. The molecular weight excluding hydrogens is 811 g/mol. The molecule has 0 aliphatic carbocycles. The monoisotopic (exact) mass is 814 g/mol. The van der Waals surface area contributed by atoms with Gasteiger partial charge < -0.3 is 5.11 Å². The van der Waals surface area contributed by atoms with E-state index in [1.807, 2.05) is 0 Å². The molecule has 0 amide bonds. The predicted molar refractivity (Wildman–Crippen MR) is 81.8 cm³/mol. The topological polar surface area (TPSA) is 57.2 Å². The largest absolute Gasteiger partial charge is 0.527 e. The molecule has 0 saturated heterocycles. The number of hydrogen-bond donors (Lipinski definition) is 1. The summed E-state index contributed by atoms with van der Waals surface area (Å²) in [6.07, 6.45) is -59.0. The molecule has 0 aromatic heterocycles. The second-order valence-corrected chi connectivity index (χ2v) is 8.21. The molecule has 0 aromatic carbocycles. The molecule has 5 nitrogen and oxygen atoms in total. The summed E-state index contributed by atoms with van der Waals surface area (Å²) in [6, 6.07) is 0. The summed E-state index contributed by atoms with van der Waals surface area (Å²) in [4.78, 5) is 0. The molecule has 0 heterocycles. The average Bonchev–Trinajstić information content (AvgIpc) is 2.79. The minimum absolute atomic E-state index is 0.860. The molecule has 0 aliphatic rings. The predicted octanol–water partition coefficient (Wildman–Crippen LogP) is 8.53. The number of hydrogen-bond acceptors (Lipinski definition) is 5. The van der Waals surface area contributed by atoms with Crippen molar-refractivity contribution in [3.05, 3.63) is 0 Å². The molecule has 0 rings (SSSR count). The Labute approximate surface area is 244 Å². The van der Waals surface area contributed by atoms with Crippen molar-refractivity contribution in [2.75, 3.05) is 6.61 Å². The Kier molecular flexibility index (Phi) is 11.6. The Balaban J connectivity index is 7.80. The van der Waals surface area contributed by atoms with Crippen LogP contribution in [0.15, 0.2) is 0 Å². The molecule has 0 aliphatic heterocycles. The van der Waals surface area contributed by atoms with Crippen molar-refractivity contribution in [2.45, 2.75) is 84.7 Å². The van der Waals surface area contributed by atoms with Crippen LogP contribution in [0, 0.1) is 0 Å². The van der Waals surface area contributed by atoms with Gasteiger partial charge in [0.05, 0.1) is 0 Å². The first-order valence-corrected chi connectivity index (χ1v) is 10.0. The fourth-order valence-electron chi connectivity index (χ4n) is 2.24.